The number of ether oxygens (including phenoxy) is 1. The van der Waals surface area contributed by atoms with E-state index >= 15 is 0 Å². The molecule has 0 aromatic heterocycles. The average molecular weight is 229 g/mol. The molecule has 0 aromatic carbocycles. The van der Waals surface area contributed by atoms with Crippen molar-refractivity contribution < 1.29 is 14.3 Å². The number of nitrogens with zero attached hydrogens (tertiary/aromatic N) is 1. The van der Waals surface area contributed by atoms with Crippen LogP contribution in [0.3, 0.4) is 0 Å². The van der Waals surface area contributed by atoms with E-state index in [4.69, 9.17) is 0 Å². The quantitative estimate of drug-likeness (QED) is 0.720. The molecule has 0 saturated carbocycles. The minimum absolute atomic E-state index is 0.0222. The number of nitrogens with one attached hydrogen (secondary N) is 2. The summed E-state index contributed by atoms with van der Waals surface area (Å²) in [4.78, 5) is 23.2. The fraction of sp³-hybridized carbons (Fsp3) is 0.800. The molecule has 1 rings (SSSR count). The molecular formula is C10H19N3O3. The summed E-state index contributed by atoms with van der Waals surface area (Å²) in [7, 11) is 1.28. The maximum Gasteiger partial charge on any atom is 0.407 e. The largest absolute Gasteiger partial charge is 0.453 e. The molecular weight excluding hydrogens is 210 g/mol. The van der Waals surface area contributed by atoms with Crippen molar-refractivity contribution >= 4 is 12.0 Å². The number of hydrogen-bond donors (Lipinski definition) is 2. The predicted octanol–water partition coefficient (Wildman–Crippen LogP) is 0.104. The lowest BCUT2D eigenvalue weighted by atomic mass is 10.0. The van der Waals surface area contributed by atoms with Crippen molar-refractivity contribution in [1.29, 1.82) is 0 Å². The molecule has 16 heavy (non-hydrogen) atoms. The van der Waals surface area contributed by atoms with Crippen molar-refractivity contribution in [3.63, 3.8) is 0 Å². The highest BCUT2D eigenvalue weighted by Gasteiger charge is 2.30. The molecule has 92 valence electrons. The first-order chi connectivity index (χ1) is 7.56. The molecule has 1 aliphatic rings. The third-order valence-electron chi connectivity index (χ3n) is 2.52. The molecule has 1 heterocycles. The number of carbonyl (C=O) groups excluding carboxylic acids is 2. The second kappa shape index (κ2) is 5.69. The van der Waals surface area contributed by atoms with Gasteiger partial charge < -0.3 is 10.1 Å². The van der Waals surface area contributed by atoms with Crippen LogP contribution in [0.2, 0.25) is 0 Å². The number of carbonyl (C=O) groups is 2. The fourth-order valence-corrected chi connectivity index (χ4v) is 1.59. The smallest absolute Gasteiger partial charge is 0.407 e. The average Bonchev–Trinajstić information content (AvgIpc) is 2.77. The maximum absolute atomic E-state index is 12.0. The predicted molar refractivity (Wildman–Crippen MR) is 58.5 cm³/mol. The first kappa shape index (κ1) is 12.8. The third-order valence-corrected chi connectivity index (χ3v) is 2.52. The summed E-state index contributed by atoms with van der Waals surface area (Å²) < 4.78 is 4.50. The second-order valence-corrected chi connectivity index (χ2v) is 4.11. The first-order valence-electron chi connectivity index (χ1n) is 5.45. The van der Waals surface area contributed by atoms with Crippen LogP contribution in [0.5, 0.6) is 0 Å². The van der Waals surface area contributed by atoms with Gasteiger partial charge in [-0.05, 0) is 12.3 Å². The summed E-state index contributed by atoms with van der Waals surface area (Å²) in [5.74, 6) is -0.0908. The van der Waals surface area contributed by atoms with Gasteiger partial charge in [-0.15, -0.1) is 0 Å². The topological polar surface area (TPSA) is 70.7 Å². The number of hydrazine groups is 1. The van der Waals surface area contributed by atoms with Gasteiger partial charge in [0.1, 0.15) is 6.04 Å². The zero-order chi connectivity index (χ0) is 12.1. The van der Waals surface area contributed by atoms with Crippen LogP contribution in [0.4, 0.5) is 4.79 Å². The van der Waals surface area contributed by atoms with E-state index in [0.717, 1.165) is 13.0 Å². The van der Waals surface area contributed by atoms with Gasteiger partial charge in [-0.1, -0.05) is 13.8 Å². The summed E-state index contributed by atoms with van der Waals surface area (Å²) in [6, 6.07) is -0.543. The van der Waals surface area contributed by atoms with E-state index in [9.17, 15) is 9.59 Å². The van der Waals surface area contributed by atoms with Crippen molar-refractivity contribution in [3.05, 3.63) is 0 Å². The van der Waals surface area contributed by atoms with Gasteiger partial charge in [0, 0.05) is 13.1 Å². The highest BCUT2D eigenvalue weighted by atomic mass is 16.5. The van der Waals surface area contributed by atoms with Crippen molar-refractivity contribution in [2.75, 3.05) is 20.2 Å². The van der Waals surface area contributed by atoms with E-state index < -0.39 is 12.1 Å². The lowest BCUT2D eigenvalue weighted by Crippen LogP contribution is -2.53. The maximum atomic E-state index is 12.0. The zero-order valence-electron chi connectivity index (χ0n) is 9.95. The molecule has 6 heteroatoms. The molecule has 0 unspecified atom stereocenters. The van der Waals surface area contributed by atoms with E-state index in [-0.39, 0.29) is 11.8 Å². The van der Waals surface area contributed by atoms with Crippen LogP contribution in [-0.4, -0.2) is 43.3 Å². The summed E-state index contributed by atoms with van der Waals surface area (Å²) in [6.07, 6.45) is 0.362. The van der Waals surface area contributed by atoms with Crippen molar-refractivity contribution in [2.24, 2.45) is 5.92 Å². The Balaban J connectivity index is 2.61. The summed E-state index contributed by atoms with van der Waals surface area (Å²) in [5, 5.41) is 4.11. The lowest BCUT2D eigenvalue weighted by Gasteiger charge is -2.25. The van der Waals surface area contributed by atoms with Gasteiger partial charge in [0.05, 0.1) is 7.11 Å². The Labute approximate surface area is 95.3 Å². The Hall–Kier alpha value is -1.30. The normalized spacial score (nSPS) is 17.4. The second-order valence-electron chi connectivity index (χ2n) is 4.11. The van der Waals surface area contributed by atoms with E-state index in [2.05, 4.69) is 15.5 Å². The molecule has 0 aliphatic carbocycles. The summed E-state index contributed by atoms with van der Waals surface area (Å²) >= 11 is 0. The standard InChI is InChI=1S/C10H19N3O3/c1-7(2)8(12-10(15)16-3)9(14)13-6-4-5-11-13/h7-8,11H,4-6H2,1-3H3,(H,12,15)/t8-/m1/s1. The SMILES string of the molecule is COC(=O)N[C@@H](C(=O)N1CCCN1)C(C)C. The molecule has 6 nitrogen and oxygen atoms in total. The van der Waals surface area contributed by atoms with Crippen LogP contribution in [-0.2, 0) is 9.53 Å². The van der Waals surface area contributed by atoms with Crippen molar-refractivity contribution in [2.45, 2.75) is 26.3 Å². The number of amides is 2. The number of rotatable bonds is 3. The Morgan fingerprint density at radius 3 is 2.56 bits per heavy atom. The Bertz CT molecular complexity index is 262. The Morgan fingerprint density at radius 2 is 2.12 bits per heavy atom. The highest BCUT2D eigenvalue weighted by Crippen LogP contribution is 2.08. The number of alkyl carbamates (subject to hydrolysis) is 1. The van der Waals surface area contributed by atoms with E-state index in [0.29, 0.717) is 6.54 Å². The minimum Gasteiger partial charge on any atom is -0.453 e. The van der Waals surface area contributed by atoms with Crippen LogP contribution in [0.25, 0.3) is 0 Å². The molecule has 2 amide bonds. The van der Waals surface area contributed by atoms with Crippen LogP contribution in [0, 0.1) is 5.92 Å². The van der Waals surface area contributed by atoms with Gasteiger partial charge >= 0.3 is 6.09 Å². The molecule has 0 aromatic rings. The molecule has 0 bridgehead atoms. The van der Waals surface area contributed by atoms with Crippen LogP contribution in [0.1, 0.15) is 20.3 Å². The molecule has 1 fully saturated rings. The molecule has 0 radical (unpaired) electrons. The molecule has 1 saturated heterocycles. The summed E-state index contributed by atoms with van der Waals surface area (Å²) in [5.41, 5.74) is 2.97. The minimum atomic E-state index is -0.578. The number of hydrogen-bond acceptors (Lipinski definition) is 4. The highest BCUT2D eigenvalue weighted by molar-refractivity contribution is 5.85. The zero-order valence-corrected chi connectivity index (χ0v) is 9.95. The van der Waals surface area contributed by atoms with E-state index in [1.807, 2.05) is 13.8 Å². The lowest BCUT2D eigenvalue weighted by molar-refractivity contribution is -0.135. The fourth-order valence-electron chi connectivity index (χ4n) is 1.59. The monoisotopic (exact) mass is 229 g/mol. The van der Waals surface area contributed by atoms with Crippen LogP contribution >= 0.6 is 0 Å². The van der Waals surface area contributed by atoms with E-state index in [1.54, 1.807) is 5.01 Å². The van der Waals surface area contributed by atoms with Gasteiger partial charge in [-0.25, -0.2) is 10.2 Å². The molecule has 1 atom stereocenters. The first-order valence-corrected chi connectivity index (χ1v) is 5.45. The molecule has 0 spiro atoms. The van der Waals surface area contributed by atoms with Crippen molar-refractivity contribution in [3.8, 4) is 0 Å². The van der Waals surface area contributed by atoms with Gasteiger partial charge in [0.2, 0.25) is 0 Å². The third kappa shape index (κ3) is 3.10. The number of methoxy groups -OCH3 is 1. The van der Waals surface area contributed by atoms with Crippen molar-refractivity contribution in [1.82, 2.24) is 15.8 Å². The van der Waals surface area contributed by atoms with Gasteiger partial charge in [0.15, 0.2) is 0 Å². The van der Waals surface area contributed by atoms with Gasteiger partial charge in [-0.2, -0.15) is 0 Å². The van der Waals surface area contributed by atoms with Crippen LogP contribution in [0.15, 0.2) is 0 Å². The molecule has 1 aliphatic heterocycles. The van der Waals surface area contributed by atoms with Crippen LogP contribution < -0.4 is 10.7 Å². The summed E-state index contributed by atoms with van der Waals surface area (Å²) in [6.45, 7) is 5.25. The van der Waals surface area contributed by atoms with E-state index in [1.165, 1.54) is 7.11 Å². The van der Waals surface area contributed by atoms with Gasteiger partial charge in [0.25, 0.3) is 5.91 Å². The van der Waals surface area contributed by atoms with Gasteiger partial charge in [-0.3, -0.25) is 9.80 Å². The molecule has 2 N–H and O–H groups in total. The Kier molecular flexibility index (Phi) is 4.54. The Morgan fingerprint density at radius 1 is 1.44 bits per heavy atom.